The Morgan fingerprint density at radius 2 is 1.49 bits per heavy atom. The summed E-state index contributed by atoms with van der Waals surface area (Å²) >= 11 is 0. The standard InChI is InChI=1S/C32H41FN4O5S/c1-21(23-12-14-26(33)15-13-23)35-30(39)24-17-25(19-27(18-24)37(5)43(6,41)42)31(40)36-28(16-22-10-8-7-9-11-22)29(38)20-34-32(2,3)4/h7-15,17-19,21,28-29,34,38H,16,20H2,1-6H3,(H,35,39)(H,36,40)/t21-,28+,29-/m1/s1. The van der Waals surface area contributed by atoms with Crippen molar-refractivity contribution in [3.8, 4) is 0 Å². The van der Waals surface area contributed by atoms with E-state index in [0.717, 1.165) is 16.1 Å². The van der Waals surface area contributed by atoms with E-state index in [0.29, 0.717) is 12.0 Å². The van der Waals surface area contributed by atoms with Gasteiger partial charge in [-0.1, -0.05) is 42.5 Å². The third-order valence-electron chi connectivity index (χ3n) is 6.94. The predicted octanol–water partition coefficient (Wildman–Crippen LogP) is 3.80. The van der Waals surface area contributed by atoms with E-state index in [4.69, 9.17) is 0 Å². The van der Waals surface area contributed by atoms with Crippen LogP contribution in [0.25, 0.3) is 0 Å². The number of carbonyl (C=O) groups excluding carboxylic acids is 2. The minimum atomic E-state index is -3.72. The van der Waals surface area contributed by atoms with Crippen molar-refractivity contribution in [3.63, 3.8) is 0 Å². The summed E-state index contributed by atoms with van der Waals surface area (Å²) in [4.78, 5) is 27.0. The van der Waals surface area contributed by atoms with Crippen LogP contribution in [0.15, 0.2) is 72.8 Å². The average Bonchev–Trinajstić information content (AvgIpc) is 2.94. The molecule has 0 unspecified atom stereocenters. The number of rotatable bonds is 12. The maximum atomic E-state index is 13.6. The lowest BCUT2D eigenvalue weighted by molar-refractivity contribution is 0.0817. The second-order valence-electron chi connectivity index (χ2n) is 11.7. The fraction of sp³-hybridized carbons (Fsp3) is 0.375. The van der Waals surface area contributed by atoms with Crippen LogP contribution in [0, 0.1) is 5.82 Å². The van der Waals surface area contributed by atoms with Gasteiger partial charge in [0.2, 0.25) is 10.0 Å². The molecule has 0 fully saturated rings. The Kier molecular flexibility index (Phi) is 11.1. The van der Waals surface area contributed by atoms with Gasteiger partial charge in [-0.05, 0) is 75.6 Å². The van der Waals surface area contributed by atoms with Crippen LogP contribution < -0.4 is 20.3 Å². The van der Waals surface area contributed by atoms with Gasteiger partial charge in [-0.3, -0.25) is 13.9 Å². The van der Waals surface area contributed by atoms with Crippen molar-refractivity contribution in [2.75, 3.05) is 24.2 Å². The number of carbonyl (C=O) groups is 2. The van der Waals surface area contributed by atoms with Crippen molar-refractivity contribution in [1.82, 2.24) is 16.0 Å². The third-order valence-corrected chi connectivity index (χ3v) is 8.15. The summed E-state index contributed by atoms with van der Waals surface area (Å²) in [6.45, 7) is 7.85. The van der Waals surface area contributed by atoms with Crippen LogP contribution in [0.5, 0.6) is 0 Å². The molecule has 9 nitrogen and oxygen atoms in total. The first-order valence-corrected chi connectivity index (χ1v) is 15.8. The number of nitrogens with zero attached hydrogens (tertiary/aromatic N) is 1. The van der Waals surface area contributed by atoms with Gasteiger partial charge in [-0.25, -0.2) is 12.8 Å². The minimum absolute atomic E-state index is 0.0432. The molecule has 2 amide bonds. The highest BCUT2D eigenvalue weighted by Crippen LogP contribution is 2.22. The number of anilines is 1. The van der Waals surface area contributed by atoms with Crippen LogP contribution in [-0.2, 0) is 16.4 Å². The van der Waals surface area contributed by atoms with Crippen LogP contribution in [0.3, 0.4) is 0 Å². The molecule has 43 heavy (non-hydrogen) atoms. The monoisotopic (exact) mass is 612 g/mol. The lowest BCUT2D eigenvalue weighted by Crippen LogP contribution is -2.51. The van der Waals surface area contributed by atoms with Gasteiger partial charge in [-0.15, -0.1) is 0 Å². The highest BCUT2D eigenvalue weighted by molar-refractivity contribution is 7.92. The van der Waals surface area contributed by atoms with E-state index in [9.17, 15) is 27.5 Å². The van der Waals surface area contributed by atoms with E-state index in [1.807, 2.05) is 51.1 Å². The van der Waals surface area contributed by atoms with Crippen molar-refractivity contribution >= 4 is 27.5 Å². The SMILES string of the molecule is C[C@@H](NC(=O)c1cc(C(=O)N[C@@H](Cc2ccccc2)[C@H](O)CNC(C)(C)C)cc(N(C)S(C)(=O)=O)c1)c1ccc(F)cc1. The first-order valence-electron chi connectivity index (χ1n) is 14.0. The van der Waals surface area contributed by atoms with Crippen molar-refractivity contribution in [3.05, 3.63) is 101 Å². The molecule has 11 heteroatoms. The fourth-order valence-corrected chi connectivity index (χ4v) is 4.81. The number of hydrogen-bond acceptors (Lipinski definition) is 6. The molecule has 0 aromatic heterocycles. The molecular weight excluding hydrogens is 571 g/mol. The van der Waals surface area contributed by atoms with Gasteiger partial charge < -0.3 is 21.1 Å². The summed E-state index contributed by atoms with van der Waals surface area (Å²) in [6.07, 6.45) is 0.403. The molecule has 0 bridgehead atoms. The van der Waals surface area contributed by atoms with E-state index in [1.54, 1.807) is 19.1 Å². The van der Waals surface area contributed by atoms with Crippen molar-refractivity contribution < 1.29 is 27.5 Å². The Labute approximate surface area is 253 Å². The van der Waals surface area contributed by atoms with E-state index in [2.05, 4.69) is 16.0 Å². The summed E-state index contributed by atoms with van der Waals surface area (Å²) in [5.74, 6) is -1.54. The second-order valence-corrected chi connectivity index (χ2v) is 13.7. The molecule has 0 radical (unpaired) electrons. The number of hydrogen-bond donors (Lipinski definition) is 4. The number of amides is 2. The van der Waals surface area contributed by atoms with E-state index in [1.165, 1.54) is 37.4 Å². The van der Waals surface area contributed by atoms with Crippen molar-refractivity contribution in [1.29, 1.82) is 0 Å². The Morgan fingerprint density at radius 1 is 0.930 bits per heavy atom. The van der Waals surface area contributed by atoms with E-state index < -0.39 is 45.8 Å². The molecule has 3 atom stereocenters. The predicted molar refractivity (Wildman–Crippen MR) is 167 cm³/mol. The molecule has 0 aliphatic heterocycles. The van der Waals surface area contributed by atoms with Crippen molar-refractivity contribution in [2.24, 2.45) is 0 Å². The van der Waals surface area contributed by atoms with Gasteiger partial charge in [0.05, 0.1) is 30.1 Å². The number of β-amino-alcohol motifs (C(OH)–C–C–N with tert-alkyl or cyclic N) is 1. The molecule has 0 aliphatic rings. The summed E-state index contributed by atoms with van der Waals surface area (Å²) in [5.41, 5.74) is 1.52. The van der Waals surface area contributed by atoms with Gasteiger partial charge >= 0.3 is 0 Å². The molecule has 3 aromatic carbocycles. The molecule has 0 heterocycles. The zero-order valence-corrected chi connectivity index (χ0v) is 26.2. The smallest absolute Gasteiger partial charge is 0.251 e. The Bertz CT molecular complexity index is 1510. The summed E-state index contributed by atoms with van der Waals surface area (Å²) < 4.78 is 39.1. The van der Waals surface area contributed by atoms with Crippen LogP contribution in [0.1, 0.15) is 65.6 Å². The number of halogens is 1. The lowest BCUT2D eigenvalue weighted by Gasteiger charge is -2.28. The first-order chi connectivity index (χ1) is 20.0. The van der Waals surface area contributed by atoms with Gasteiger partial charge in [0.15, 0.2) is 0 Å². The van der Waals surface area contributed by atoms with Crippen LogP contribution in [0.4, 0.5) is 10.1 Å². The van der Waals surface area contributed by atoms with Crippen LogP contribution in [0.2, 0.25) is 0 Å². The van der Waals surface area contributed by atoms with E-state index in [-0.39, 0.29) is 28.9 Å². The molecule has 0 saturated heterocycles. The Morgan fingerprint density at radius 3 is 2.02 bits per heavy atom. The number of nitrogens with one attached hydrogen (secondary N) is 3. The maximum absolute atomic E-state index is 13.6. The Hall–Kier alpha value is -3.80. The number of aliphatic hydroxyl groups excluding tert-OH is 1. The van der Waals surface area contributed by atoms with Gasteiger partial charge in [0.1, 0.15) is 5.82 Å². The normalized spacial score (nSPS) is 14.0. The minimum Gasteiger partial charge on any atom is -0.390 e. The highest BCUT2D eigenvalue weighted by atomic mass is 32.2. The average molecular weight is 613 g/mol. The molecule has 3 rings (SSSR count). The molecule has 3 aromatic rings. The number of aliphatic hydroxyl groups is 1. The quantitative estimate of drug-likeness (QED) is 0.247. The molecule has 232 valence electrons. The summed E-state index contributed by atoms with van der Waals surface area (Å²) in [6, 6.07) is 18.1. The second kappa shape index (κ2) is 14.1. The van der Waals surface area contributed by atoms with Crippen LogP contribution >= 0.6 is 0 Å². The fourth-order valence-electron chi connectivity index (χ4n) is 4.32. The van der Waals surface area contributed by atoms with Gasteiger partial charge in [0.25, 0.3) is 11.8 Å². The molecule has 0 spiro atoms. The first kappa shape index (κ1) is 33.7. The van der Waals surface area contributed by atoms with Gasteiger partial charge in [0, 0.05) is 30.3 Å². The zero-order chi connectivity index (χ0) is 31.9. The highest BCUT2D eigenvalue weighted by Gasteiger charge is 2.26. The summed E-state index contributed by atoms with van der Waals surface area (Å²) in [7, 11) is -2.39. The van der Waals surface area contributed by atoms with Gasteiger partial charge in [-0.2, -0.15) is 0 Å². The molecule has 4 N–H and O–H groups in total. The summed E-state index contributed by atoms with van der Waals surface area (Å²) in [5, 5.41) is 20.1. The van der Waals surface area contributed by atoms with Crippen molar-refractivity contribution in [2.45, 2.75) is 57.8 Å². The van der Waals surface area contributed by atoms with E-state index >= 15 is 0 Å². The lowest BCUT2D eigenvalue weighted by atomic mass is 9.99. The zero-order valence-electron chi connectivity index (χ0n) is 25.4. The molecule has 0 aliphatic carbocycles. The largest absolute Gasteiger partial charge is 0.390 e. The molecule has 0 saturated carbocycles. The molecular formula is C32H41FN4O5S. The maximum Gasteiger partial charge on any atom is 0.251 e. The third kappa shape index (κ3) is 10.2. The number of benzene rings is 3. The Balaban J connectivity index is 1.94. The topological polar surface area (TPSA) is 128 Å². The van der Waals surface area contributed by atoms with Crippen LogP contribution in [-0.4, -0.2) is 62.9 Å². The number of sulfonamides is 1.